The van der Waals surface area contributed by atoms with Crippen molar-refractivity contribution in [1.29, 1.82) is 0 Å². The highest BCUT2D eigenvalue weighted by Crippen LogP contribution is 2.20. The van der Waals surface area contributed by atoms with Gasteiger partial charge in [0, 0.05) is 11.4 Å². The van der Waals surface area contributed by atoms with E-state index in [1.165, 1.54) is 18.2 Å². The molecule has 24 heavy (non-hydrogen) atoms. The Kier molecular flexibility index (Phi) is 8.45. The van der Waals surface area contributed by atoms with Crippen molar-refractivity contribution in [3.05, 3.63) is 33.8 Å². The summed E-state index contributed by atoms with van der Waals surface area (Å²) in [5.74, 6) is -1.52. The number of rotatable bonds is 5. The molecule has 1 aromatic rings. The largest absolute Gasteiger partial charge is 0.466 e. The van der Waals surface area contributed by atoms with E-state index in [1.807, 2.05) is 0 Å². The lowest BCUT2D eigenvalue weighted by molar-refractivity contribution is -0.144. The molecule has 0 atom stereocenters. The van der Waals surface area contributed by atoms with Gasteiger partial charge in [0.05, 0.1) is 23.6 Å². The first-order chi connectivity index (χ1) is 11.3. The van der Waals surface area contributed by atoms with E-state index < -0.39 is 17.8 Å². The topological polar surface area (TPSA) is 96.5 Å². The van der Waals surface area contributed by atoms with Crippen LogP contribution in [0.4, 0.5) is 0 Å². The van der Waals surface area contributed by atoms with E-state index >= 15 is 0 Å². The lowest BCUT2D eigenvalue weighted by atomic mass is 10.2. The number of hydrogen-bond donors (Lipinski definition) is 3. The van der Waals surface area contributed by atoms with E-state index in [0.717, 1.165) is 0 Å². The van der Waals surface area contributed by atoms with Crippen molar-refractivity contribution in [3.8, 4) is 0 Å². The van der Waals surface area contributed by atoms with Gasteiger partial charge in [0.2, 0.25) is 5.91 Å². The fourth-order valence-electron chi connectivity index (χ4n) is 1.52. The number of thiocarbonyl (C=S) groups is 1. The Bertz CT molecular complexity index is 655. The summed E-state index contributed by atoms with van der Waals surface area (Å²) in [6, 6.07) is 4.38. The van der Waals surface area contributed by atoms with Crippen molar-refractivity contribution in [1.82, 2.24) is 16.2 Å². The molecule has 7 nitrogen and oxygen atoms in total. The zero-order chi connectivity index (χ0) is 18.1. The van der Waals surface area contributed by atoms with Crippen LogP contribution in [0.2, 0.25) is 10.0 Å². The number of nitrogens with one attached hydrogen (secondary N) is 3. The molecule has 0 bridgehead atoms. The minimum atomic E-state index is -0.556. The van der Waals surface area contributed by atoms with Crippen LogP contribution in [0.5, 0.6) is 0 Å². The van der Waals surface area contributed by atoms with Gasteiger partial charge in [-0.2, -0.15) is 0 Å². The van der Waals surface area contributed by atoms with Crippen LogP contribution in [0.1, 0.15) is 30.1 Å². The normalized spacial score (nSPS) is 9.79. The molecule has 0 spiro atoms. The van der Waals surface area contributed by atoms with Crippen LogP contribution in [0.3, 0.4) is 0 Å². The second-order valence-corrected chi connectivity index (χ2v) is 5.64. The molecule has 0 unspecified atom stereocenters. The standard InChI is InChI=1S/C14H15Cl2N3O4S/c1-2-23-12(21)6-5-11(20)17-14(24)19-18-13(22)9-4-3-8(15)7-10(9)16/h3-4,7H,2,5-6H2,1H3,(H,18,22)(H2,17,19,20,24). The van der Waals surface area contributed by atoms with Crippen molar-refractivity contribution in [2.75, 3.05) is 6.61 Å². The summed E-state index contributed by atoms with van der Waals surface area (Å²) >= 11 is 16.5. The fourth-order valence-corrected chi connectivity index (χ4v) is 2.18. The van der Waals surface area contributed by atoms with Gasteiger partial charge in [-0.15, -0.1) is 0 Å². The SMILES string of the molecule is CCOC(=O)CCC(=O)NC(=S)NNC(=O)c1ccc(Cl)cc1Cl. The molecule has 0 radical (unpaired) electrons. The van der Waals surface area contributed by atoms with Gasteiger partial charge in [0.1, 0.15) is 0 Å². The zero-order valence-corrected chi connectivity index (χ0v) is 15.0. The first kappa shape index (κ1) is 20.1. The molecule has 0 saturated heterocycles. The van der Waals surface area contributed by atoms with E-state index in [1.54, 1.807) is 6.92 Å². The van der Waals surface area contributed by atoms with Gasteiger partial charge in [0.25, 0.3) is 5.91 Å². The average molecular weight is 392 g/mol. The first-order valence-electron chi connectivity index (χ1n) is 6.84. The second kappa shape index (κ2) is 10.1. The average Bonchev–Trinajstić information content (AvgIpc) is 2.51. The molecule has 10 heteroatoms. The van der Waals surface area contributed by atoms with Crippen molar-refractivity contribution < 1.29 is 19.1 Å². The van der Waals surface area contributed by atoms with Crippen LogP contribution in [0, 0.1) is 0 Å². The molecule has 3 N–H and O–H groups in total. The molecule has 2 amide bonds. The minimum absolute atomic E-state index is 0.0605. The summed E-state index contributed by atoms with van der Waals surface area (Å²) in [6.45, 7) is 1.92. The Morgan fingerprint density at radius 3 is 2.50 bits per heavy atom. The zero-order valence-electron chi connectivity index (χ0n) is 12.7. The molecule has 0 aliphatic rings. The van der Waals surface area contributed by atoms with E-state index in [2.05, 4.69) is 16.2 Å². The van der Waals surface area contributed by atoms with Crippen LogP contribution < -0.4 is 16.2 Å². The fraction of sp³-hybridized carbons (Fsp3) is 0.286. The van der Waals surface area contributed by atoms with E-state index in [-0.39, 0.29) is 35.1 Å². The summed E-state index contributed by atoms with van der Waals surface area (Å²) in [6.07, 6.45) is -0.146. The minimum Gasteiger partial charge on any atom is -0.466 e. The summed E-state index contributed by atoms with van der Waals surface area (Å²) < 4.78 is 4.70. The highest BCUT2D eigenvalue weighted by Gasteiger charge is 2.12. The maximum atomic E-state index is 11.9. The number of carbonyl (C=O) groups excluding carboxylic acids is 3. The third-order valence-electron chi connectivity index (χ3n) is 2.58. The van der Waals surface area contributed by atoms with Crippen LogP contribution >= 0.6 is 35.4 Å². The third kappa shape index (κ3) is 7.12. The predicted molar refractivity (Wildman–Crippen MR) is 93.7 cm³/mol. The Morgan fingerprint density at radius 1 is 1.17 bits per heavy atom. The monoisotopic (exact) mass is 391 g/mol. The Hall–Kier alpha value is -1.90. The van der Waals surface area contributed by atoms with Crippen LogP contribution in [-0.2, 0) is 14.3 Å². The number of ether oxygens (including phenoxy) is 1. The van der Waals surface area contributed by atoms with Crippen LogP contribution in [0.15, 0.2) is 18.2 Å². The van der Waals surface area contributed by atoms with Gasteiger partial charge >= 0.3 is 5.97 Å². The summed E-state index contributed by atoms with van der Waals surface area (Å²) in [4.78, 5) is 34.6. The molecule has 0 heterocycles. The van der Waals surface area contributed by atoms with Gasteiger partial charge in [-0.1, -0.05) is 23.2 Å². The van der Waals surface area contributed by atoms with Crippen LogP contribution in [0.25, 0.3) is 0 Å². The number of benzene rings is 1. The number of carbonyl (C=O) groups is 3. The Morgan fingerprint density at radius 2 is 1.88 bits per heavy atom. The maximum absolute atomic E-state index is 11.9. The molecule has 0 aromatic heterocycles. The van der Waals surface area contributed by atoms with Gasteiger partial charge in [0.15, 0.2) is 5.11 Å². The van der Waals surface area contributed by atoms with Gasteiger partial charge in [-0.05, 0) is 37.3 Å². The maximum Gasteiger partial charge on any atom is 0.306 e. The van der Waals surface area contributed by atoms with Crippen molar-refractivity contribution >= 4 is 58.3 Å². The highest BCUT2D eigenvalue weighted by molar-refractivity contribution is 7.80. The Labute approximate surface area is 154 Å². The molecular weight excluding hydrogens is 377 g/mol. The van der Waals surface area contributed by atoms with Crippen molar-refractivity contribution in [3.63, 3.8) is 0 Å². The Balaban J connectivity index is 2.39. The summed E-state index contributed by atoms with van der Waals surface area (Å²) in [7, 11) is 0. The quantitative estimate of drug-likeness (QED) is 0.403. The van der Waals surface area contributed by atoms with E-state index in [0.29, 0.717) is 5.02 Å². The highest BCUT2D eigenvalue weighted by atomic mass is 35.5. The van der Waals surface area contributed by atoms with Crippen molar-refractivity contribution in [2.45, 2.75) is 19.8 Å². The number of amides is 2. The van der Waals surface area contributed by atoms with Gasteiger partial charge in [-0.25, -0.2) is 0 Å². The number of halogens is 2. The number of esters is 1. The van der Waals surface area contributed by atoms with Gasteiger partial charge in [-0.3, -0.25) is 25.2 Å². The molecule has 130 valence electrons. The lowest BCUT2D eigenvalue weighted by Gasteiger charge is -2.11. The molecular formula is C14H15Cl2N3O4S. The predicted octanol–water partition coefficient (Wildman–Crippen LogP) is 1.97. The summed E-state index contributed by atoms with van der Waals surface area (Å²) in [5, 5.41) is 2.76. The number of hydrazine groups is 1. The molecule has 0 saturated carbocycles. The van der Waals surface area contributed by atoms with Gasteiger partial charge < -0.3 is 10.1 Å². The number of hydrogen-bond acceptors (Lipinski definition) is 5. The van der Waals surface area contributed by atoms with Crippen LogP contribution in [-0.4, -0.2) is 29.5 Å². The molecule has 0 aliphatic carbocycles. The smallest absolute Gasteiger partial charge is 0.306 e. The lowest BCUT2D eigenvalue weighted by Crippen LogP contribution is -2.48. The van der Waals surface area contributed by atoms with Crippen molar-refractivity contribution in [2.24, 2.45) is 0 Å². The second-order valence-electron chi connectivity index (χ2n) is 4.39. The van der Waals surface area contributed by atoms with E-state index in [4.69, 9.17) is 40.2 Å². The molecule has 1 aromatic carbocycles. The first-order valence-corrected chi connectivity index (χ1v) is 8.00. The molecule has 0 fully saturated rings. The van der Waals surface area contributed by atoms with E-state index in [9.17, 15) is 14.4 Å². The molecule has 1 rings (SSSR count). The third-order valence-corrected chi connectivity index (χ3v) is 3.33. The summed E-state index contributed by atoms with van der Waals surface area (Å²) in [5.41, 5.74) is 4.83. The molecule has 0 aliphatic heterocycles.